The van der Waals surface area contributed by atoms with E-state index in [1.807, 2.05) is 24.3 Å². The number of hydrogen-bond donors (Lipinski definition) is 1. The molecule has 0 amide bonds. The van der Waals surface area contributed by atoms with Crippen molar-refractivity contribution in [1.82, 2.24) is 5.32 Å². The van der Waals surface area contributed by atoms with Gasteiger partial charge in [-0.3, -0.25) is 0 Å². The van der Waals surface area contributed by atoms with Crippen LogP contribution in [0.1, 0.15) is 47.8 Å². The molecule has 130 valence electrons. The highest BCUT2D eigenvalue weighted by Gasteiger charge is 2.17. The van der Waals surface area contributed by atoms with E-state index >= 15 is 0 Å². The van der Waals surface area contributed by atoms with Gasteiger partial charge >= 0.3 is 0 Å². The standard InChI is InChI=1S/C22H24FNO/c1-16-5-7-18(8-6-16)17(2)24-14-13-21(22-4-3-15-25-22)19-9-11-20(23)12-10-19/h3-12,15,17,21,24H,13-14H2,1-2H3. The molecule has 2 atom stereocenters. The molecule has 0 saturated carbocycles. The highest BCUT2D eigenvalue weighted by Crippen LogP contribution is 2.28. The van der Waals surface area contributed by atoms with Gasteiger partial charge < -0.3 is 9.73 Å². The molecule has 3 aromatic rings. The maximum absolute atomic E-state index is 13.2. The van der Waals surface area contributed by atoms with Gasteiger partial charge in [0.25, 0.3) is 0 Å². The number of rotatable bonds is 7. The Hall–Kier alpha value is -2.39. The van der Waals surface area contributed by atoms with Crippen molar-refractivity contribution in [1.29, 1.82) is 0 Å². The average molecular weight is 337 g/mol. The maximum Gasteiger partial charge on any atom is 0.123 e. The number of hydrogen-bond acceptors (Lipinski definition) is 2. The van der Waals surface area contributed by atoms with E-state index in [0.29, 0.717) is 0 Å². The van der Waals surface area contributed by atoms with Crippen LogP contribution in [0.5, 0.6) is 0 Å². The maximum atomic E-state index is 13.2. The van der Waals surface area contributed by atoms with Gasteiger partial charge in [-0.2, -0.15) is 0 Å². The van der Waals surface area contributed by atoms with Crippen LogP contribution in [0, 0.1) is 12.7 Å². The molecule has 0 radical (unpaired) electrons. The molecule has 0 aliphatic rings. The molecular formula is C22H24FNO. The fourth-order valence-corrected chi connectivity index (χ4v) is 3.07. The Morgan fingerprint density at radius 1 is 0.960 bits per heavy atom. The smallest absolute Gasteiger partial charge is 0.123 e. The fourth-order valence-electron chi connectivity index (χ4n) is 3.07. The predicted octanol–water partition coefficient (Wildman–Crippen LogP) is 5.60. The Labute approximate surface area is 148 Å². The number of halogens is 1. The summed E-state index contributed by atoms with van der Waals surface area (Å²) in [5.74, 6) is 0.817. The average Bonchev–Trinajstić information content (AvgIpc) is 3.14. The molecule has 0 saturated heterocycles. The van der Waals surface area contributed by atoms with Gasteiger partial charge in [0.05, 0.1) is 6.26 Å². The summed E-state index contributed by atoms with van der Waals surface area (Å²) in [6, 6.07) is 19.5. The third kappa shape index (κ3) is 4.58. The first-order valence-corrected chi connectivity index (χ1v) is 8.72. The molecule has 0 aliphatic carbocycles. The quantitative estimate of drug-likeness (QED) is 0.607. The summed E-state index contributed by atoms with van der Waals surface area (Å²) < 4.78 is 18.8. The summed E-state index contributed by atoms with van der Waals surface area (Å²) in [6.07, 6.45) is 2.57. The Morgan fingerprint density at radius 3 is 2.28 bits per heavy atom. The van der Waals surface area contributed by atoms with Crippen LogP contribution in [0.2, 0.25) is 0 Å². The van der Waals surface area contributed by atoms with E-state index in [-0.39, 0.29) is 17.8 Å². The monoisotopic (exact) mass is 337 g/mol. The van der Waals surface area contributed by atoms with Crippen molar-refractivity contribution in [2.45, 2.75) is 32.2 Å². The van der Waals surface area contributed by atoms with Crippen molar-refractivity contribution >= 4 is 0 Å². The van der Waals surface area contributed by atoms with Crippen LogP contribution in [0.25, 0.3) is 0 Å². The molecule has 1 N–H and O–H groups in total. The van der Waals surface area contributed by atoms with Crippen LogP contribution >= 0.6 is 0 Å². The summed E-state index contributed by atoms with van der Waals surface area (Å²) in [5.41, 5.74) is 3.62. The molecule has 25 heavy (non-hydrogen) atoms. The minimum Gasteiger partial charge on any atom is -0.469 e. The first kappa shape index (κ1) is 17.4. The largest absolute Gasteiger partial charge is 0.469 e. The zero-order valence-electron chi connectivity index (χ0n) is 14.7. The minimum absolute atomic E-state index is 0.119. The molecule has 2 nitrogen and oxygen atoms in total. The van der Waals surface area contributed by atoms with Crippen LogP contribution in [-0.2, 0) is 0 Å². The summed E-state index contributed by atoms with van der Waals surface area (Å²) in [7, 11) is 0. The van der Waals surface area contributed by atoms with E-state index in [4.69, 9.17) is 4.42 Å². The summed E-state index contributed by atoms with van der Waals surface area (Å²) in [6.45, 7) is 5.11. The molecule has 1 heterocycles. The zero-order chi connectivity index (χ0) is 17.6. The lowest BCUT2D eigenvalue weighted by Gasteiger charge is -2.19. The SMILES string of the molecule is Cc1ccc(C(C)NCCC(c2ccc(F)cc2)c2ccco2)cc1. The topological polar surface area (TPSA) is 25.2 Å². The zero-order valence-corrected chi connectivity index (χ0v) is 14.7. The Balaban J connectivity index is 1.65. The molecule has 0 fully saturated rings. The number of furan rings is 1. The fraction of sp³-hybridized carbons (Fsp3) is 0.273. The van der Waals surface area contributed by atoms with Gasteiger partial charge in [-0.1, -0.05) is 42.0 Å². The predicted molar refractivity (Wildman–Crippen MR) is 99.2 cm³/mol. The summed E-state index contributed by atoms with van der Waals surface area (Å²) in [5, 5.41) is 3.58. The lowest BCUT2D eigenvalue weighted by atomic mass is 9.93. The lowest BCUT2D eigenvalue weighted by molar-refractivity contribution is 0.457. The van der Waals surface area contributed by atoms with E-state index in [1.165, 1.54) is 23.3 Å². The van der Waals surface area contributed by atoms with Crippen molar-refractivity contribution in [2.75, 3.05) is 6.54 Å². The van der Waals surface area contributed by atoms with Gasteiger partial charge in [0.1, 0.15) is 11.6 Å². The van der Waals surface area contributed by atoms with E-state index in [9.17, 15) is 4.39 Å². The molecule has 2 aromatic carbocycles. The Morgan fingerprint density at radius 2 is 1.64 bits per heavy atom. The second-order valence-electron chi connectivity index (χ2n) is 6.49. The van der Waals surface area contributed by atoms with E-state index < -0.39 is 0 Å². The van der Waals surface area contributed by atoms with Crippen LogP contribution < -0.4 is 5.32 Å². The molecule has 3 rings (SSSR count). The van der Waals surface area contributed by atoms with Gasteiger partial charge in [-0.15, -0.1) is 0 Å². The molecule has 0 bridgehead atoms. The van der Waals surface area contributed by atoms with Crippen LogP contribution in [0.3, 0.4) is 0 Å². The van der Waals surface area contributed by atoms with Crippen LogP contribution in [0.15, 0.2) is 71.3 Å². The van der Waals surface area contributed by atoms with Gasteiger partial charge in [-0.25, -0.2) is 4.39 Å². The van der Waals surface area contributed by atoms with Crippen molar-refractivity contribution in [3.8, 4) is 0 Å². The van der Waals surface area contributed by atoms with Gasteiger partial charge in [0, 0.05) is 12.0 Å². The summed E-state index contributed by atoms with van der Waals surface area (Å²) in [4.78, 5) is 0. The van der Waals surface area contributed by atoms with Crippen molar-refractivity contribution in [3.05, 3.63) is 95.2 Å². The molecule has 0 spiro atoms. The van der Waals surface area contributed by atoms with Crippen molar-refractivity contribution < 1.29 is 8.81 Å². The number of aryl methyl sites for hydroxylation is 1. The van der Waals surface area contributed by atoms with E-state index in [2.05, 4.69) is 43.4 Å². The highest BCUT2D eigenvalue weighted by molar-refractivity contribution is 5.28. The number of nitrogens with one attached hydrogen (secondary N) is 1. The second-order valence-corrected chi connectivity index (χ2v) is 6.49. The summed E-state index contributed by atoms with van der Waals surface area (Å²) >= 11 is 0. The first-order valence-electron chi connectivity index (χ1n) is 8.72. The van der Waals surface area contributed by atoms with Crippen LogP contribution in [-0.4, -0.2) is 6.54 Å². The third-order valence-corrected chi connectivity index (χ3v) is 4.62. The highest BCUT2D eigenvalue weighted by atomic mass is 19.1. The van der Waals surface area contributed by atoms with Crippen molar-refractivity contribution in [3.63, 3.8) is 0 Å². The lowest BCUT2D eigenvalue weighted by Crippen LogP contribution is -2.21. The molecular weight excluding hydrogens is 313 g/mol. The minimum atomic E-state index is -0.215. The second kappa shape index (κ2) is 8.13. The van der Waals surface area contributed by atoms with E-state index in [1.54, 1.807) is 6.26 Å². The van der Waals surface area contributed by atoms with Crippen LogP contribution in [0.4, 0.5) is 4.39 Å². The molecule has 0 aliphatic heterocycles. The normalized spacial score (nSPS) is 13.6. The number of benzene rings is 2. The Bertz CT molecular complexity index is 763. The molecule has 2 unspecified atom stereocenters. The van der Waals surface area contributed by atoms with Gasteiger partial charge in [-0.05, 0) is 62.2 Å². The van der Waals surface area contributed by atoms with Crippen molar-refractivity contribution in [2.24, 2.45) is 0 Å². The van der Waals surface area contributed by atoms with Gasteiger partial charge in [0.15, 0.2) is 0 Å². The molecule has 1 aromatic heterocycles. The first-order chi connectivity index (χ1) is 12.1. The van der Waals surface area contributed by atoms with Gasteiger partial charge in [0.2, 0.25) is 0 Å². The Kier molecular flexibility index (Phi) is 5.67. The third-order valence-electron chi connectivity index (χ3n) is 4.62. The van der Waals surface area contributed by atoms with E-state index in [0.717, 1.165) is 24.3 Å². The molecule has 3 heteroatoms.